The molecule has 3 aromatic rings. The molecule has 8 nitrogen and oxygen atoms in total. The number of H-pyrrole nitrogens is 1. The van der Waals surface area contributed by atoms with E-state index in [-0.39, 0.29) is 5.69 Å². The summed E-state index contributed by atoms with van der Waals surface area (Å²) in [6.07, 6.45) is 18.1. The first-order chi connectivity index (χ1) is 17.1. The van der Waals surface area contributed by atoms with Gasteiger partial charge in [-0.3, -0.25) is 9.13 Å². The third kappa shape index (κ3) is 4.49. The smallest absolute Gasteiger partial charge is 0.328 e. The Bertz CT molecular complexity index is 1240. The quantitative estimate of drug-likeness (QED) is 0.478. The zero-order valence-corrected chi connectivity index (χ0v) is 20.7. The molecule has 1 aliphatic carbocycles. The van der Waals surface area contributed by atoms with E-state index in [1.54, 1.807) is 0 Å². The lowest BCUT2D eigenvalue weighted by Crippen LogP contribution is -2.37. The van der Waals surface area contributed by atoms with Crippen molar-refractivity contribution < 1.29 is 0 Å². The summed E-state index contributed by atoms with van der Waals surface area (Å²) in [5.74, 6) is 1.21. The molecule has 2 aromatic heterocycles. The van der Waals surface area contributed by atoms with Crippen LogP contribution in [0.2, 0.25) is 0 Å². The van der Waals surface area contributed by atoms with Crippen molar-refractivity contribution in [2.45, 2.75) is 76.8 Å². The van der Waals surface area contributed by atoms with Gasteiger partial charge in [-0.15, -0.1) is 5.10 Å². The Labute approximate surface area is 206 Å². The van der Waals surface area contributed by atoms with E-state index < -0.39 is 5.41 Å². The van der Waals surface area contributed by atoms with Crippen molar-refractivity contribution in [3.63, 3.8) is 0 Å². The highest BCUT2D eigenvalue weighted by Crippen LogP contribution is 2.38. The molecule has 35 heavy (non-hydrogen) atoms. The summed E-state index contributed by atoms with van der Waals surface area (Å²) in [6.45, 7) is 5.00. The van der Waals surface area contributed by atoms with Gasteiger partial charge in [0.15, 0.2) is 5.82 Å². The van der Waals surface area contributed by atoms with E-state index in [1.165, 1.54) is 12.8 Å². The van der Waals surface area contributed by atoms with Gasteiger partial charge < -0.3 is 5.32 Å². The van der Waals surface area contributed by atoms with Gasteiger partial charge in [-0.05, 0) is 66.1 Å². The normalized spacial score (nSPS) is 20.9. The van der Waals surface area contributed by atoms with Crippen molar-refractivity contribution in [3.05, 3.63) is 76.8 Å². The Balaban J connectivity index is 1.57. The lowest BCUT2D eigenvalue weighted by Gasteiger charge is -2.31. The van der Waals surface area contributed by atoms with E-state index in [1.807, 2.05) is 29.1 Å². The van der Waals surface area contributed by atoms with Gasteiger partial charge in [-0.1, -0.05) is 63.5 Å². The van der Waals surface area contributed by atoms with Gasteiger partial charge in [0.1, 0.15) is 0 Å². The van der Waals surface area contributed by atoms with Crippen LogP contribution in [0.3, 0.4) is 0 Å². The minimum absolute atomic E-state index is 0.122. The number of hydrogen-bond donors (Lipinski definition) is 2. The molecular weight excluding hydrogens is 438 g/mol. The van der Waals surface area contributed by atoms with E-state index in [9.17, 15) is 4.79 Å². The third-order valence-corrected chi connectivity index (χ3v) is 7.77. The topological polar surface area (TPSA) is 93.4 Å². The van der Waals surface area contributed by atoms with Crippen LogP contribution in [0.1, 0.15) is 69.7 Å². The molecule has 0 spiro atoms. The number of allylic oxidation sites excluding steroid dienone is 2. The Morgan fingerprint density at radius 3 is 2.77 bits per heavy atom. The molecule has 1 aromatic carbocycles. The van der Waals surface area contributed by atoms with Crippen LogP contribution in [0, 0.1) is 5.92 Å². The van der Waals surface area contributed by atoms with E-state index in [0.717, 1.165) is 48.9 Å². The van der Waals surface area contributed by atoms with Crippen LogP contribution >= 0.6 is 0 Å². The van der Waals surface area contributed by atoms with E-state index in [4.69, 9.17) is 0 Å². The number of hydrogen-bond acceptors (Lipinski definition) is 5. The van der Waals surface area contributed by atoms with Gasteiger partial charge in [0.25, 0.3) is 0 Å². The average molecular weight is 474 g/mol. The summed E-state index contributed by atoms with van der Waals surface area (Å²) >= 11 is 0. The van der Waals surface area contributed by atoms with Gasteiger partial charge in [-0.25, -0.2) is 9.89 Å². The second-order valence-corrected chi connectivity index (χ2v) is 9.87. The van der Waals surface area contributed by atoms with E-state index >= 15 is 0 Å². The minimum atomic E-state index is -0.467. The van der Waals surface area contributed by atoms with E-state index in [0.29, 0.717) is 24.3 Å². The SMILES string of the molecule is CCCCc1cn(C2CCCC2CC)c(=O)n1CC1(c2cccc(-c3nnn[nH]3)c2)C=CNC=C1. The molecule has 2 unspecified atom stereocenters. The van der Waals surface area contributed by atoms with Gasteiger partial charge in [-0.2, -0.15) is 0 Å². The van der Waals surface area contributed by atoms with Gasteiger partial charge in [0.05, 0.1) is 5.41 Å². The molecule has 0 saturated heterocycles. The fourth-order valence-corrected chi connectivity index (χ4v) is 5.76. The number of nitrogens with one attached hydrogen (secondary N) is 2. The highest BCUT2D eigenvalue weighted by molar-refractivity contribution is 5.57. The van der Waals surface area contributed by atoms with Crippen LogP contribution in [0.4, 0.5) is 0 Å². The number of benzene rings is 1. The molecule has 1 aliphatic heterocycles. The molecule has 3 heterocycles. The van der Waals surface area contributed by atoms with Crippen molar-refractivity contribution in [1.29, 1.82) is 0 Å². The first kappa shape index (κ1) is 23.3. The Morgan fingerprint density at radius 1 is 1.17 bits per heavy atom. The summed E-state index contributed by atoms with van der Waals surface area (Å²) in [5, 5.41) is 17.6. The van der Waals surface area contributed by atoms with Crippen LogP contribution in [0.5, 0.6) is 0 Å². The molecule has 0 bridgehead atoms. The summed E-state index contributed by atoms with van der Waals surface area (Å²) in [6, 6.07) is 8.56. The first-order valence-electron chi connectivity index (χ1n) is 12.9. The van der Waals surface area contributed by atoms with E-state index in [2.05, 4.69) is 74.8 Å². The number of dihydropyridines is 1. The second-order valence-electron chi connectivity index (χ2n) is 9.87. The zero-order valence-electron chi connectivity index (χ0n) is 20.7. The number of aromatic amines is 1. The van der Waals surface area contributed by atoms with Crippen molar-refractivity contribution in [3.8, 4) is 11.4 Å². The Hall–Kier alpha value is -3.42. The first-order valence-corrected chi connectivity index (χ1v) is 12.9. The van der Waals surface area contributed by atoms with Crippen molar-refractivity contribution in [2.75, 3.05) is 0 Å². The maximum Gasteiger partial charge on any atom is 0.328 e. The molecule has 2 N–H and O–H groups in total. The molecule has 5 rings (SSSR count). The van der Waals surface area contributed by atoms with Crippen LogP contribution < -0.4 is 11.0 Å². The highest BCUT2D eigenvalue weighted by Gasteiger charge is 2.34. The second kappa shape index (κ2) is 10.1. The number of rotatable bonds is 9. The molecule has 2 aliphatic rings. The summed E-state index contributed by atoms with van der Waals surface area (Å²) in [4.78, 5) is 13.9. The summed E-state index contributed by atoms with van der Waals surface area (Å²) in [7, 11) is 0. The predicted octanol–water partition coefficient (Wildman–Crippen LogP) is 4.49. The van der Waals surface area contributed by atoms with Crippen LogP contribution in [0.25, 0.3) is 11.4 Å². The lowest BCUT2D eigenvalue weighted by molar-refractivity contribution is 0.356. The predicted molar refractivity (Wildman–Crippen MR) is 137 cm³/mol. The molecule has 2 atom stereocenters. The summed E-state index contributed by atoms with van der Waals surface area (Å²) < 4.78 is 4.09. The van der Waals surface area contributed by atoms with Crippen molar-refractivity contribution in [1.82, 2.24) is 35.1 Å². The highest BCUT2D eigenvalue weighted by atomic mass is 16.1. The average Bonchev–Trinajstić information content (AvgIpc) is 3.65. The monoisotopic (exact) mass is 473 g/mol. The molecule has 1 fully saturated rings. The Morgan fingerprint density at radius 2 is 2.03 bits per heavy atom. The number of tetrazole rings is 1. The lowest BCUT2D eigenvalue weighted by atomic mass is 9.78. The molecular formula is C27H35N7O. The standard InChI is InChI=1S/C27H35N7O/c1-3-5-11-23-18-33(24-12-7-8-20(24)4-2)26(35)34(23)19-27(13-15-28-16-14-27)22-10-6-9-21(17-22)25-29-31-32-30-25/h6,9-10,13-18,20,24,28H,3-5,7-8,11-12,19H2,1-2H3,(H,29,30,31,32). The number of unbranched alkanes of at least 4 members (excludes halogenated alkanes) is 1. The van der Waals surface area contributed by atoms with Crippen LogP contribution in [-0.4, -0.2) is 29.8 Å². The third-order valence-electron chi connectivity index (χ3n) is 7.77. The Kier molecular flexibility index (Phi) is 6.70. The van der Waals surface area contributed by atoms with Crippen molar-refractivity contribution >= 4 is 0 Å². The fourth-order valence-electron chi connectivity index (χ4n) is 5.76. The zero-order chi connectivity index (χ0) is 24.3. The van der Waals surface area contributed by atoms with Gasteiger partial charge in [0.2, 0.25) is 0 Å². The van der Waals surface area contributed by atoms with Crippen LogP contribution in [0.15, 0.2) is 59.8 Å². The maximum atomic E-state index is 13.9. The number of imidazole rings is 1. The van der Waals surface area contributed by atoms with Crippen molar-refractivity contribution in [2.24, 2.45) is 5.92 Å². The summed E-state index contributed by atoms with van der Waals surface area (Å²) in [5.41, 5.74) is 2.80. The fraction of sp³-hybridized carbons (Fsp3) is 0.481. The van der Waals surface area contributed by atoms with Gasteiger partial charge >= 0.3 is 5.69 Å². The molecule has 0 radical (unpaired) electrons. The minimum Gasteiger partial charge on any atom is -0.368 e. The van der Waals surface area contributed by atoms with Gasteiger partial charge in [0, 0.05) is 30.0 Å². The largest absolute Gasteiger partial charge is 0.368 e. The molecule has 1 saturated carbocycles. The van der Waals surface area contributed by atoms with Crippen LogP contribution in [-0.2, 0) is 18.4 Å². The number of aromatic nitrogens is 6. The molecule has 0 amide bonds. The number of aryl methyl sites for hydroxylation is 1. The molecule has 184 valence electrons. The number of nitrogens with zero attached hydrogens (tertiary/aromatic N) is 5. The molecule has 8 heteroatoms. The maximum absolute atomic E-state index is 13.9.